The zero-order chi connectivity index (χ0) is 59.9. The van der Waals surface area contributed by atoms with Gasteiger partial charge in [-0.1, -0.05) is 197 Å². The second kappa shape index (κ2) is 17.9. The number of fused-ring (bicyclic) bond motifs is 12. The highest BCUT2D eigenvalue weighted by atomic mass is 32.2. The Hall–Kier alpha value is -5.45. The molecule has 2 nitrogen and oxygen atoms in total. The lowest BCUT2D eigenvalue weighted by Crippen LogP contribution is -2.56. The number of nitrogens with zero attached hydrogens (tertiary/aromatic N) is 2. The summed E-state index contributed by atoms with van der Waals surface area (Å²) in [5, 5.41) is 0. The van der Waals surface area contributed by atoms with E-state index in [-0.39, 0.29) is 60.7 Å². The largest absolute Gasteiger partial charge is 0.313 e. The quantitative estimate of drug-likeness (QED) is 0.162. The van der Waals surface area contributed by atoms with Crippen molar-refractivity contribution >= 4 is 57.8 Å². The second-order valence-electron chi connectivity index (χ2n) is 34.1. The number of allylic oxidation sites excluding steroid dienone is 3. The lowest BCUT2D eigenvalue weighted by atomic mass is 9.36. The monoisotopic (exact) mass is 1140 g/mol. The van der Waals surface area contributed by atoms with Gasteiger partial charge in [0.25, 0.3) is 6.71 Å². The van der Waals surface area contributed by atoms with E-state index >= 15 is 0 Å². The standard InChI is InChI=1S/C81H95BN2S/c1-48-51-29-30-80(17,46-51)56-41-63-71-72(85-81(63,18)47-55(48)56)82-64-42-59-62(79(15,16)36-33-76(59,9)10)45-67(64)83(65-43-60-57(74(5,6)31-34-77(60,11)12)39-53(65)49-25-21-19-22-26-49)68-37-52(73(2,3)4)38-69(70(68)82)84(71)66-44-61-58(75(7,8)32-35-78(61,13)14)40-54(66)50-27-23-20-24-28-50/h19-28,37-45,47-48,51,63H,29-36,46H2,1-18H3/t48-,51?,63?,80?,81?/m0/s1. The van der Waals surface area contributed by atoms with Gasteiger partial charge in [-0.15, -0.1) is 11.8 Å². The van der Waals surface area contributed by atoms with Gasteiger partial charge >= 0.3 is 0 Å². The molecular weight excluding hydrogens is 1040 g/mol. The van der Waals surface area contributed by atoms with E-state index in [1.807, 2.05) is 0 Å². The summed E-state index contributed by atoms with van der Waals surface area (Å²) in [7, 11) is 0. The summed E-state index contributed by atoms with van der Waals surface area (Å²) >= 11 is 2.25. The van der Waals surface area contributed by atoms with Crippen molar-refractivity contribution < 1.29 is 0 Å². The molecule has 0 radical (unpaired) electrons. The second-order valence-corrected chi connectivity index (χ2v) is 35.7. The molecule has 0 aromatic heterocycles. The van der Waals surface area contributed by atoms with Gasteiger partial charge < -0.3 is 9.80 Å². The molecule has 3 heterocycles. The predicted molar refractivity (Wildman–Crippen MR) is 367 cm³/mol. The summed E-state index contributed by atoms with van der Waals surface area (Å²) < 4.78 is -0.190. The van der Waals surface area contributed by atoms with Crippen LogP contribution in [0.1, 0.15) is 221 Å². The summed E-state index contributed by atoms with van der Waals surface area (Å²) in [5.41, 5.74) is 30.4. The lowest BCUT2D eigenvalue weighted by Gasteiger charge is -2.49. The van der Waals surface area contributed by atoms with Gasteiger partial charge in [-0.05, 0) is 239 Å². The van der Waals surface area contributed by atoms with Gasteiger partial charge in [0, 0.05) is 44.6 Å². The Kier molecular flexibility index (Phi) is 11.8. The molecule has 2 bridgehead atoms. The van der Waals surface area contributed by atoms with Crippen LogP contribution >= 0.6 is 11.8 Å². The van der Waals surface area contributed by atoms with Crippen LogP contribution in [-0.4, -0.2) is 11.5 Å². The highest BCUT2D eigenvalue weighted by molar-refractivity contribution is 8.07. The van der Waals surface area contributed by atoms with E-state index in [1.54, 1.807) is 21.5 Å². The van der Waals surface area contributed by atoms with E-state index in [9.17, 15) is 0 Å². The number of anilines is 5. The molecule has 4 heteroatoms. The molecule has 3 aliphatic heterocycles. The number of rotatable bonds is 4. The van der Waals surface area contributed by atoms with Crippen LogP contribution < -0.4 is 20.7 Å². The maximum absolute atomic E-state index is 2.95. The Morgan fingerprint density at radius 1 is 0.494 bits per heavy atom. The van der Waals surface area contributed by atoms with Crippen LogP contribution in [0.25, 0.3) is 22.3 Å². The maximum Gasteiger partial charge on any atom is 0.259 e. The van der Waals surface area contributed by atoms with Gasteiger partial charge in [0.15, 0.2) is 0 Å². The van der Waals surface area contributed by atoms with Crippen molar-refractivity contribution in [3.8, 4) is 22.3 Å². The Morgan fingerprint density at radius 2 is 0.929 bits per heavy atom. The molecule has 6 aromatic carbocycles. The fourth-order valence-corrected chi connectivity index (χ4v) is 20.3. The van der Waals surface area contributed by atoms with Crippen LogP contribution in [-0.2, 0) is 37.9 Å². The van der Waals surface area contributed by atoms with Crippen LogP contribution in [0.4, 0.5) is 28.4 Å². The first-order chi connectivity index (χ1) is 39.8. The molecule has 15 rings (SSSR count). The molecule has 2 saturated carbocycles. The van der Waals surface area contributed by atoms with Crippen molar-refractivity contribution in [2.24, 2.45) is 23.2 Å². The van der Waals surface area contributed by atoms with Crippen LogP contribution in [0.15, 0.2) is 143 Å². The molecule has 4 unspecified atom stereocenters. The van der Waals surface area contributed by atoms with Crippen molar-refractivity contribution in [1.29, 1.82) is 0 Å². The van der Waals surface area contributed by atoms with Crippen molar-refractivity contribution in [2.75, 3.05) is 9.80 Å². The molecular formula is C81H95BN2S. The fourth-order valence-electron chi connectivity index (χ4n) is 18.6. The zero-order valence-electron chi connectivity index (χ0n) is 55.0. The molecule has 0 amide bonds. The first-order valence-electron chi connectivity index (χ1n) is 33.2. The molecule has 9 aliphatic rings. The summed E-state index contributed by atoms with van der Waals surface area (Å²) in [6, 6.07) is 44.8. The van der Waals surface area contributed by atoms with Crippen LogP contribution in [0, 0.1) is 23.2 Å². The van der Waals surface area contributed by atoms with Crippen LogP contribution in [0.3, 0.4) is 0 Å². The molecule has 6 aromatic rings. The van der Waals surface area contributed by atoms with Crippen molar-refractivity contribution in [1.82, 2.24) is 0 Å². The first-order valence-corrected chi connectivity index (χ1v) is 34.0. The van der Waals surface area contributed by atoms with Gasteiger partial charge in [0.1, 0.15) is 0 Å². The van der Waals surface area contributed by atoms with Crippen LogP contribution in [0.2, 0.25) is 0 Å². The minimum absolute atomic E-state index is 0.00413. The van der Waals surface area contributed by atoms with Gasteiger partial charge in [0.05, 0.1) is 11.4 Å². The summed E-state index contributed by atoms with van der Waals surface area (Å²) in [4.78, 5) is 7.38. The van der Waals surface area contributed by atoms with Crippen molar-refractivity contribution in [2.45, 2.75) is 225 Å². The number of thioether (sulfide) groups is 1. The molecule has 6 aliphatic carbocycles. The summed E-state index contributed by atoms with van der Waals surface area (Å²) in [5.74, 6) is 1.49. The maximum atomic E-state index is 2.95. The van der Waals surface area contributed by atoms with Gasteiger partial charge in [-0.3, -0.25) is 0 Å². The van der Waals surface area contributed by atoms with E-state index in [0.717, 1.165) is 18.8 Å². The molecule has 438 valence electrons. The highest BCUT2D eigenvalue weighted by Crippen LogP contribution is 2.68. The number of hydrogen-bond acceptors (Lipinski definition) is 3. The van der Waals surface area contributed by atoms with E-state index in [4.69, 9.17) is 0 Å². The van der Waals surface area contributed by atoms with Crippen molar-refractivity contribution in [3.63, 3.8) is 0 Å². The number of hydrogen-bond donors (Lipinski definition) is 0. The molecule has 5 atom stereocenters. The molecule has 0 N–H and O–H groups in total. The minimum Gasteiger partial charge on any atom is -0.313 e. The highest BCUT2D eigenvalue weighted by Gasteiger charge is 2.59. The number of benzene rings is 6. The Bertz CT molecular complexity index is 3960. The van der Waals surface area contributed by atoms with Crippen LogP contribution in [0.5, 0.6) is 0 Å². The molecule has 85 heavy (non-hydrogen) atoms. The van der Waals surface area contributed by atoms with E-state index in [2.05, 4.69) is 268 Å². The van der Waals surface area contributed by atoms with Gasteiger partial charge in [-0.25, -0.2) is 0 Å². The average molecular weight is 1140 g/mol. The zero-order valence-corrected chi connectivity index (χ0v) is 55.8. The fraction of sp³-hybridized carbons (Fsp3) is 0.481. The SMILES string of the molecule is C[C@@H]1C2=CC3(C)SC4=C(C3C=C2C2(C)CCC1C2)N(c1cc2c(cc1-c1ccccc1)C(C)(C)CCC2(C)C)c1cc(C(C)(C)C)cc2c1B4c1cc3c(cc1N2c1cc2c(cc1-c1ccccc1)C(C)(C)CCC2(C)C)C(C)(C)CCC3(C)C. The lowest BCUT2D eigenvalue weighted by molar-refractivity contribution is 0.302. The first kappa shape index (κ1) is 56.1. The van der Waals surface area contributed by atoms with Crippen molar-refractivity contribution in [3.05, 3.63) is 182 Å². The summed E-state index contributed by atoms with van der Waals surface area (Å²) in [6.07, 6.45) is 16.7. The Labute approximate surface area is 516 Å². The van der Waals surface area contributed by atoms with E-state index in [0.29, 0.717) is 5.92 Å². The predicted octanol–water partition coefficient (Wildman–Crippen LogP) is 21.1. The van der Waals surface area contributed by atoms with E-state index in [1.165, 1.54) is 146 Å². The minimum atomic E-state index is -0.190. The summed E-state index contributed by atoms with van der Waals surface area (Å²) in [6.45, 7) is 45.7. The van der Waals surface area contributed by atoms with E-state index < -0.39 is 0 Å². The normalized spacial score (nSPS) is 28.0. The Balaban J connectivity index is 1.12. The smallest absolute Gasteiger partial charge is 0.259 e. The molecule has 0 saturated heterocycles. The third kappa shape index (κ3) is 8.09. The Morgan fingerprint density at radius 3 is 1.41 bits per heavy atom. The molecule has 0 spiro atoms. The molecule has 2 fully saturated rings. The third-order valence-corrected chi connectivity index (χ3v) is 26.1. The van der Waals surface area contributed by atoms with Gasteiger partial charge in [-0.2, -0.15) is 0 Å². The average Bonchev–Trinajstić information content (AvgIpc) is 1.71. The topological polar surface area (TPSA) is 6.48 Å². The third-order valence-electron chi connectivity index (χ3n) is 24.6. The van der Waals surface area contributed by atoms with Gasteiger partial charge in [0.2, 0.25) is 0 Å².